The van der Waals surface area contributed by atoms with E-state index in [0.717, 1.165) is 39.0 Å². The van der Waals surface area contributed by atoms with Crippen LogP contribution in [0.4, 0.5) is 0 Å². The number of benzene rings is 1. The van der Waals surface area contributed by atoms with Crippen LogP contribution in [0.3, 0.4) is 0 Å². The highest BCUT2D eigenvalue weighted by molar-refractivity contribution is 9.10. The number of halogens is 1. The first kappa shape index (κ1) is 13.1. The zero-order valence-electron chi connectivity index (χ0n) is 11.0. The second-order valence-corrected chi connectivity index (χ2v) is 6.56. The summed E-state index contributed by atoms with van der Waals surface area (Å²) in [6, 6.07) is 11.0. The van der Waals surface area contributed by atoms with Crippen LogP contribution < -0.4 is 0 Å². The molecule has 2 fully saturated rings. The third kappa shape index (κ3) is 2.84. The molecule has 4 heteroatoms. The van der Waals surface area contributed by atoms with E-state index in [-0.39, 0.29) is 10.7 Å². The summed E-state index contributed by atoms with van der Waals surface area (Å²) in [6.45, 7) is 4.02. The van der Waals surface area contributed by atoms with Gasteiger partial charge in [0.15, 0.2) is 0 Å². The molecule has 2 aliphatic rings. The van der Waals surface area contributed by atoms with Gasteiger partial charge in [0.25, 0.3) is 0 Å². The SMILES string of the molecule is O=C1C(Br)CCN1C1CCN(Cc2ccccc2)C1. The monoisotopic (exact) mass is 322 g/mol. The Balaban J connectivity index is 1.57. The number of alkyl halides is 1. The fourth-order valence-electron chi connectivity index (χ4n) is 3.08. The number of nitrogens with zero attached hydrogens (tertiary/aromatic N) is 2. The fraction of sp³-hybridized carbons (Fsp3) is 0.533. The van der Waals surface area contributed by atoms with Crippen LogP contribution >= 0.6 is 15.9 Å². The van der Waals surface area contributed by atoms with Crippen molar-refractivity contribution >= 4 is 21.8 Å². The van der Waals surface area contributed by atoms with Gasteiger partial charge < -0.3 is 4.90 Å². The third-order valence-corrected chi connectivity index (χ3v) is 4.96. The molecule has 0 N–H and O–H groups in total. The second kappa shape index (κ2) is 5.63. The Kier molecular flexibility index (Phi) is 3.89. The lowest BCUT2D eigenvalue weighted by atomic mass is 10.2. The van der Waals surface area contributed by atoms with Crippen molar-refractivity contribution in [3.05, 3.63) is 35.9 Å². The van der Waals surface area contributed by atoms with Gasteiger partial charge in [0, 0.05) is 32.2 Å². The van der Waals surface area contributed by atoms with Gasteiger partial charge in [-0.3, -0.25) is 9.69 Å². The molecule has 3 nitrogen and oxygen atoms in total. The summed E-state index contributed by atoms with van der Waals surface area (Å²) in [5.74, 6) is 0.284. The zero-order valence-corrected chi connectivity index (χ0v) is 12.6. The van der Waals surface area contributed by atoms with Crippen LogP contribution in [-0.2, 0) is 11.3 Å². The lowest BCUT2D eigenvalue weighted by molar-refractivity contribution is -0.128. The van der Waals surface area contributed by atoms with Gasteiger partial charge >= 0.3 is 0 Å². The van der Waals surface area contributed by atoms with E-state index >= 15 is 0 Å². The van der Waals surface area contributed by atoms with E-state index in [9.17, 15) is 4.79 Å². The van der Waals surface area contributed by atoms with Crippen molar-refractivity contribution < 1.29 is 4.79 Å². The molecular weight excluding hydrogens is 304 g/mol. The van der Waals surface area contributed by atoms with Gasteiger partial charge in [-0.25, -0.2) is 0 Å². The fourth-order valence-corrected chi connectivity index (χ4v) is 3.55. The van der Waals surface area contributed by atoms with Crippen molar-refractivity contribution in [2.45, 2.75) is 30.3 Å². The first-order valence-electron chi connectivity index (χ1n) is 6.95. The molecule has 2 aliphatic heterocycles. The standard InChI is InChI=1S/C15H19BrN2O/c16-14-7-9-18(15(14)19)13-6-8-17(11-13)10-12-4-2-1-3-5-12/h1-5,13-14H,6-11H2. The predicted molar refractivity (Wildman–Crippen MR) is 79.2 cm³/mol. The van der Waals surface area contributed by atoms with E-state index in [1.807, 2.05) is 0 Å². The molecule has 3 rings (SSSR count). The van der Waals surface area contributed by atoms with E-state index in [1.54, 1.807) is 0 Å². The number of carbonyl (C=O) groups is 1. The first-order valence-corrected chi connectivity index (χ1v) is 7.86. The van der Waals surface area contributed by atoms with Gasteiger partial charge in [-0.05, 0) is 18.4 Å². The second-order valence-electron chi connectivity index (χ2n) is 5.45. The van der Waals surface area contributed by atoms with Gasteiger partial charge in [-0.15, -0.1) is 0 Å². The molecule has 2 unspecified atom stereocenters. The van der Waals surface area contributed by atoms with Gasteiger partial charge in [0.2, 0.25) is 5.91 Å². The van der Waals surface area contributed by atoms with Crippen LogP contribution in [0.1, 0.15) is 18.4 Å². The quantitative estimate of drug-likeness (QED) is 0.797. The lowest BCUT2D eigenvalue weighted by Crippen LogP contribution is -2.39. The maximum Gasteiger partial charge on any atom is 0.236 e. The first-order chi connectivity index (χ1) is 9.24. The minimum absolute atomic E-state index is 0.0515. The molecule has 0 saturated carbocycles. The van der Waals surface area contributed by atoms with Gasteiger partial charge in [-0.2, -0.15) is 0 Å². The van der Waals surface area contributed by atoms with Crippen LogP contribution in [0.5, 0.6) is 0 Å². The number of amides is 1. The Morgan fingerprint density at radius 2 is 1.95 bits per heavy atom. The van der Waals surface area contributed by atoms with E-state index in [2.05, 4.69) is 56.1 Å². The molecule has 2 heterocycles. The molecule has 1 aromatic rings. The van der Waals surface area contributed by atoms with Gasteiger partial charge in [-0.1, -0.05) is 46.3 Å². The summed E-state index contributed by atoms with van der Waals surface area (Å²) in [5.41, 5.74) is 1.36. The normalized spacial score (nSPS) is 28.3. The van der Waals surface area contributed by atoms with Crippen LogP contribution in [0.2, 0.25) is 0 Å². The van der Waals surface area contributed by atoms with Crippen LogP contribution in [0.25, 0.3) is 0 Å². The molecule has 0 aliphatic carbocycles. The molecule has 1 aromatic carbocycles. The number of rotatable bonds is 3. The third-order valence-electron chi connectivity index (χ3n) is 4.11. The van der Waals surface area contributed by atoms with E-state index in [1.165, 1.54) is 5.56 Å². The molecule has 2 atom stereocenters. The molecule has 2 saturated heterocycles. The molecular formula is C15H19BrN2O. The number of hydrogen-bond donors (Lipinski definition) is 0. The van der Waals surface area contributed by atoms with Gasteiger partial charge in [0.1, 0.15) is 0 Å². The topological polar surface area (TPSA) is 23.6 Å². The molecule has 0 spiro atoms. The van der Waals surface area contributed by atoms with Crippen LogP contribution in [0.15, 0.2) is 30.3 Å². The summed E-state index contributed by atoms with van der Waals surface area (Å²) >= 11 is 3.46. The maximum absolute atomic E-state index is 12.0. The molecule has 0 aromatic heterocycles. The van der Waals surface area contributed by atoms with Crippen molar-refractivity contribution in [3.63, 3.8) is 0 Å². The Bertz CT molecular complexity index is 451. The lowest BCUT2D eigenvalue weighted by Gasteiger charge is -2.24. The predicted octanol–water partition coefficient (Wildman–Crippen LogP) is 2.26. The Morgan fingerprint density at radius 1 is 1.16 bits per heavy atom. The summed E-state index contributed by atoms with van der Waals surface area (Å²) in [5, 5.41) is 0. The van der Waals surface area contributed by atoms with Crippen LogP contribution in [-0.4, -0.2) is 46.2 Å². The number of likely N-dealkylation sites (tertiary alicyclic amines) is 2. The van der Waals surface area contributed by atoms with Crippen molar-refractivity contribution in [3.8, 4) is 0 Å². The highest BCUT2D eigenvalue weighted by atomic mass is 79.9. The Hall–Kier alpha value is -0.870. The molecule has 0 radical (unpaired) electrons. The summed E-state index contributed by atoms with van der Waals surface area (Å²) in [6.07, 6.45) is 2.06. The van der Waals surface area contributed by atoms with E-state index in [0.29, 0.717) is 6.04 Å². The van der Waals surface area contributed by atoms with E-state index in [4.69, 9.17) is 0 Å². The molecule has 19 heavy (non-hydrogen) atoms. The Labute approximate surface area is 122 Å². The zero-order chi connectivity index (χ0) is 13.2. The van der Waals surface area contributed by atoms with Crippen molar-refractivity contribution in [2.75, 3.05) is 19.6 Å². The smallest absolute Gasteiger partial charge is 0.236 e. The maximum atomic E-state index is 12.0. The van der Waals surface area contributed by atoms with Crippen molar-refractivity contribution in [2.24, 2.45) is 0 Å². The molecule has 102 valence electrons. The van der Waals surface area contributed by atoms with Crippen LogP contribution in [0, 0.1) is 0 Å². The minimum Gasteiger partial charge on any atom is -0.337 e. The summed E-state index contributed by atoms with van der Waals surface area (Å²) < 4.78 is 0. The average Bonchev–Trinajstić information content (AvgIpc) is 3.00. The average molecular weight is 323 g/mol. The highest BCUT2D eigenvalue weighted by Crippen LogP contribution is 2.25. The number of hydrogen-bond acceptors (Lipinski definition) is 2. The Morgan fingerprint density at radius 3 is 2.63 bits per heavy atom. The molecule has 1 amide bonds. The minimum atomic E-state index is 0.0515. The van der Waals surface area contributed by atoms with E-state index < -0.39 is 0 Å². The van der Waals surface area contributed by atoms with Crippen molar-refractivity contribution in [1.82, 2.24) is 9.80 Å². The number of carbonyl (C=O) groups excluding carboxylic acids is 1. The van der Waals surface area contributed by atoms with Crippen molar-refractivity contribution in [1.29, 1.82) is 0 Å². The molecule has 0 bridgehead atoms. The summed E-state index contributed by atoms with van der Waals surface area (Å²) in [4.78, 5) is 16.6. The highest BCUT2D eigenvalue weighted by Gasteiger charge is 2.37. The largest absolute Gasteiger partial charge is 0.337 e. The van der Waals surface area contributed by atoms with Gasteiger partial charge in [0.05, 0.1) is 4.83 Å². The summed E-state index contributed by atoms with van der Waals surface area (Å²) in [7, 11) is 0.